The van der Waals surface area contributed by atoms with E-state index in [2.05, 4.69) is 15.7 Å². The zero-order valence-corrected chi connectivity index (χ0v) is 8.94. The van der Waals surface area contributed by atoms with Crippen molar-refractivity contribution in [3.63, 3.8) is 0 Å². The summed E-state index contributed by atoms with van der Waals surface area (Å²) in [5.41, 5.74) is 8.94. The maximum Gasteiger partial charge on any atom is 1.00 e. The Morgan fingerprint density at radius 1 is 1.54 bits per heavy atom. The van der Waals surface area contributed by atoms with Gasteiger partial charge in [0.2, 0.25) is 0 Å². The molecule has 0 aliphatic carbocycles. The third-order valence-corrected chi connectivity index (χ3v) is 1.19. The third-order valence-electron chi connectivity index (χ3n) is 1.19. The van der Waals surface area contributed by atoms with Crippen molar-refractivity contribution in [2.75, 3.05) is 5.43 Å². The van der Waals surface area contributed by atoms with Crippen LogP contribution in [0.1, 0.15) is 10.4 Å². The molecule has 0 aliphatic rings. The number of pyridine rings is 1. The van der Waals surface area contributed by atoms with E-state index in [0.29, 0.717) is 0 Å². The molecule has 0 bridgehead atoms. The van der Waals surface area contributed by atoms with Crippen LogP contribution < -0.4 is 35.0 Å². The van der Waals surface area contributed by atoms with Crippen molar-refractivity contribution in [1.29, 1.82) is 0 Å². The van der Waals surface area contributed by atoms with Crippen LogP contribution in [0.5, 0.6) is 0 Å². The molecule has 0 fully saturated rings. The van der Waals surface area contributed by atoms with Crippen molar-refractivity contribution in [3.05, 3.63) is 34.5 Å². The molecular weight excluding hydrogens is 183 g/mol. The molecule has 0 saturated heterocycles. The first kappa shape index (κ1) is 12.0. The van der Waals surface area contributed by atoms with Gasteiger partial charge in [0.25, 0.3) is 0 Å². The van der Waals surface area contributed by atoms with Crippen LogP contribution in [0.2, 0.25) is 0 Å². The van der Waals surface area contributed by atoms with Gasteiger partial charge in [-0.25, -0.2) is 10.4 Å². The molecule has 0 aromatic carbocycles. The van der Waals surface area contributed by atoms with Gasteiger partial charge in [0.05, 0.1) is 11.2 Å². The van der Waals surface area contributed by atoms with Crippen molar-refractivity contribution in [3.8, 4) is 0 Å². The number of aromatic nitrogens is 1. The first-order valence-electron chi connectivity index (χ1n) is 3.04. The van der Waals surface area contributed by atoms with Crippen LogP contribution in [0.25, 0.3) is 5.73 Å². The van der Waals surface area contributed by atoms with Crippen LogP contribution in [0.3, 0.4) is 0 Å². The number of rotatable bonds is 3. The third kappa shape index (κ3) is 3.49. The zero-order valence-electron chi connectivity index (χ0n) is 6.94. The second kappa shape index (κ2) is 5.63. The first-order valence-corrected chi connectivity index (χ1v) is 3.04. The van der Waals surface area contributed by atoms with Crippen molar-refractivity contribution in [1.82, 2.24) is 4.98 Å². The summed E-state index contributed by atoms with van der Waals surface area (Å²) in [6, 6.07) is 2.78. The van der Waals surface area contributed by atoms with Gasteiger partial charge in [-0.05, 0) is 12.1 Å². The van der Waals surface area contributed by atoms with E-state index >= 15 is 0 Å². The smallest absolute Gasteiger partial charge is 0.664 e. The molecule has 2 N–H and O–H groups in total. The predicted octanol–water partition coefficient (Wildman–Crippen LogP) is -1.63. The second-order valence-corrected chi connectivity index (χ2v) is 1.96. The molecule has 62 valence electrons. The summed E-state index contributed by atoms with van der Waals surface area (Å²) in [5.74, 6) is -0.567. The summed E-state index contributed by atoms with van der Waals surface area (Å²) >= 11 is 0. The van der Waals surface area contributed by atoms with Gasteiger partial charge in [-0.2, -0.15) is 0 Å². The monoisotopic (exact) mass is 188 g/mol. The molecule has 7 heteroatoms. The van der Waals surface area contributed by atoms with E-state index in [-0.39, 0.29) is 40.9 Å². The topological polar surface area (TPSA) is 95.2 Å². The minimum absolute atomic E-state index is 0. The van der Waals surface area contributed by atoms with Gasteiger partial charge in [0.15, 0.2) is 0 Å². The molecule has 1 aromatic heterocycles. The maximum absolute atomic E-state index is 10.4. The standard InChI is InChI=1S/C6H6N4O2.Na/c7-6(11)4-1-2-5(8-3-4)9-10-12;/h1-3H,(H3,7,8,9,11,12);/q;+1/p-1. The molecule has 1 rings (SSSR count). The summed E-state index contributed by atoms with van der Waals surface area (Å²) in [4.78, 5) is 23.8. The Hall–Kier alpha value is -0.980. The number of nitroso groups, excluding NO2 is 1. The van der Waals surface area contributed by atoms with Gasteiger partial charge >= 0.3 is 29.6 Å². The molecule has 0 aliphatic heterocycles. The zero-order chi connectivity index (χ0) is 8.97. The normalized spacial score (nSPS) is 8.31. The molecule has 1 heterocycles. The van der Waals surface area contributed by atoms with Crippen molar-refractivity contribution >= 4 is 11.7 Å². The van der Waals surface area contributed by atoms with E-state index in [1.165, 1.54) is 18.3 Å². The fraction of sp³-hybridized carbons (Fsp3) is 0. The molecule has 0 saturated carbocycles. The van der Waals surface area contributed by atoms with Gasteiger partial charge in [-0.3, -0.25) is 0 Å². The first-order chi connectivity index (χ1) is 5.74. The van der Waals surface area contributed by atoms with Crippen LogP contribution in [-0.4, -0.2) is 10.9 Å². The second-order valence-electron chi connectivity index (χ2n) is 1.96. The van der Waals surface area contributed by atoms with E-state index in [1.807, 2.05) is 0 Å². The summed E-state index contributed by atoms with van der Waals surface area (Å²) in [6.45, 7) is 0. The predicted molar refractivity (Wildman–Crippen MR) is 42.3 cm³/mol. The molecular formula is C6H5N4NaO2. The Labute approximate surface area is 96.1 Å². The molecule has 13 heavy (non-hydrogen) atoms. The summed E-state index contributed by atoms with van der Waals surface area (Å²) in [5, 5.41) is 2.39. The molecule has 1 aromatic rings. The van der Waals surface area contributed by atoms with Crippen molar-refractivity contribution in [2.24, 2.45) is 5.29 Å². The summed E-state index contributed by atoms with van der Waals surface area (Å²) in [7, 11) is 0. The molecule has 1 amide bonds. The number of nitrogens with one attached hydrogen (secondary N) is 2. The Bertz CT molecular complexity index is 300. The average molecular weight is 188 g/mol. The van der Waals surface area contributed by atoms with Gasteiger partial charge in [-0.15, -0.1) is 4.91 Å². The number of hydrogen-bond acceptors (Lipinski definition) is 4. The molecule has 0 spiro atoms. The number of amides is 1. The van der Waals surface area contributed by atoms with Gasteiger partial charge in [0.1, 0.15) is 5.82 Å². The Morgan fingerprint density at radius 3 is 2.62 bits per heavy atom. The quantitative estimate of drug-likeness (QED) is 0.350. The van der Waals surface area contributed by atoms with Gasteiger partial charge < -0.3 is 10.5 Å². The van der Waals surface area contributed by atoms with E-state index < -0.39 is 5.91 Å². The van der Waals surface area contributed by atoms with Gasteiger partial charge in [0, 0.05) is 11.8 Å². The minimum Gasteiger partial charge on any atom is -0.664 e. The van der Waals surface area contributed by atoms with E-state index in [0.717, 1.165) is 0 Å². The van der Waals surface area contributed by atoms with E-state index in [9.17, 15) is 9.70 Å². The Balaban J connectivity index is 0.00000144. The van der Waals surface area contributed by atoms with Crippen molar-refractivity contribution < 1.29 is 34.4 Å². The van der Waals surface area contributed by atoms with E-state index in [4.69, 9.17) is 5.73 Å². The minimum atomic E-state index is -0.812. The van der Waals surface area contributed by atoms with Crippen LogP contribution in [0.4, 0.5) is 5.82 Å². The maximum atomic E-state index is 10.4. The Kier molecular flexibility index (Phi) is 5.20. The molecule has 0 unspecified atom stereocenters. The van der Waals surface area contributed by atoms with Crippen molar-refractivity contribution in [2.45, 2.75) is 0 Å². The van der Waals surface area contributed by atoms with E-state index in [1.54, 1.807) is 0 Å². The number of anilines is 1. The SMILES string of the molecule is [NH-]C(=O)c1ccc(NN=O)nc1.[Na+]. The Morgan fingerprint density at radius 2 is 2.23 bits per heavy atom. The molecule has 0 radical (unpaired) electrons. The van der Waals surface area contributed by atoms with Gasteiger partial charge in [-0.1, -0.05) is 0 Å². The summed E-state index contributed by atoms with van der Waals surface area (Å²) < 4.78 is 0. The van der Waals surface area contributed by atoms with Crippen LogP contribution in [-0.2, 0) is 0 Å². The molecule has 6 nitrogen and oxygen atoms in total. The van der Waals surface area contributed by atoms with Crippen LogP contribution in [0, 0.1) is 4.91 Å². The number of carbonyl (C=O) groups is 1. The fourth-order valence-corrected chi connectivity index (χ4v) is 0.641. The molecule has 0 atom stereocenters. The summed E-state index contributed by atoms with van der Waals surface area (Å²) in [6.07, 6.45) is 1.20. The number of hydrogen-bond donors (Lipinski definition) is 1. The fourth-order valence-electron chi connectivity index (χ4n) is 0.641. The largest absolute Gasteiger partial charge is 1.00 e. The number of carbonyl (C=O) groups excluding carboxylic acids is 1. The number of nitrogens with zero attached hydrogens (tertiary/aromatic N) is 2. The van der Waals surface area contributed by atoms with Crippen LogP contribution >= 0.6 is 0 Å². The average Bonchev–Trinajstić information content (AvgIpc) is 2.06. The van der Waals surface area contributed by atoms with Crippen LogP contribution in [0.15, 0.2) is 23.6 Å².